The molecule has 17 heavy (non-hydrogen) atoms. The lowest BCUT2D eigenvalue weighted by atomic mass is 10.1. The Morgan fingerprint density at radius 1 is 0.941 bits per heavy atom. The van der Waals surface area contributed by atoms with Crippen LogP contribution in [-0.2, 0) is 27.5 Å². The van der Waals surface area contributed by atoms with Crippen LogP contribution in [0.5, 0.6) is 0 Å². The van der Waals surface area contributed by atoms with Gasteiger partial charge in [0.1, 0.15) is 6.61 Å². The molecule has 3 nitrogen and oxygen atoms in total. The van der Waals surface area contributed by atoms with Crippen molar-refractivity contribution in [3.63, 3.8) is 0 Å². The SMILES string of the molecule is COCc1c(F)c(F)c(COC=O)c(F)c1F. The average Bonchev–Trinajstić information content (AvgIpc) is 2.32. The fourth-order valence-electron chi connectivity index (χ4n) is 1.24. The number of ether oxygens (including phenoxy) is 2. The molecule has 0 fully saturated rings. The maximum absolute atomic E-state index is 13.3. The van der Waals surface area contributed by atoms with Crippen LogP contribution in [0, 0.1) is 23.3 Å². The minimum absolute atomic E-state index is 0.0856. The van der Waals surface area contributed by atoms with Crippen LogP contribution >= 0.6 is 0 Å². The molecule has 7 heteroatoms. The Kier molecular flexibility index (Phi) is 4.45. The van der Waals surface area contributed by atoms with Gasteiger partial charge in [-0.3, -0.25) is 4.79 Å². The second-order valence-corrected chi connectivity index (χ2v) is 3.05. The van der Waals surface area contributed by atoms with Gasteiger partial charge in [0, 0.05) is 7.11 Å². The number of carbonyl (C=O) groups is 1. The van der Waals surface area contributed by atoms with E-state index in [2.05, 4.69) is 9.47 Å². The summed E-state index contributed by atoms with van der Waals surface area (Å²) in [4.78, 5) is 9.87. The van der Waals surface area contributed by atoms with E-state index in [0.717, 1.165) is 7.11 Å². The molecule has 0 bridgehead atoms. The molecule has 94 valence electrons. The molecule has 0 saturated carbocycles. The van der Waals surface area contributed by atoms with Crippen LogP contribution in [0.1, 0.15) is 11.1 Å². The van der Waals surface area contributed by atoms with Gasteiger partial charge in [-0.25, -0.2) is 17.6 Å². The number of hydrogen-bond acceptors (Lipinski definition) is 3. The zero-order valence-corrected chi connectivity index (χ0v) is 8.73. The number of hydrogen-bond donors (Lipinski definition) is 0. The Bertz CT molecular complexity index is 405. The molecule has 1 aromatic carbocycles. The van der Waals surface area contributed by atoms with Crippen molar-refractivity contribution in [2.45, 2.75) is 13.2 Å². The second kappa shape index (κ2) is 5.62. The van der Waals surface area contributed by atoms with Crippen molar-refractivity contribution in [1.29, 1.82) is 0 Å². The van der Waals surface area contributed by atoms with Crippen LogP contribution in [-0.4, -0.2) is 13.6 Å². The lowest BCUT2D eigenvalue weighted by molar-refractivity contribution is -0.129. The summed E-state index contributed by atoms with van der Waals surface area (Å²) >= 11 is 0. The number of benzene rings is 1. The maximum Gasteiger partial charge on any atom is 0.293 e. The van der Waals surface area contributed by atoms with E-state index in [1.54, 1.807) is 0 Å². The molecule has 1 aromatic rings. The predicted molar refractivity (Wildman–Crippen MR) is 47.8 cm³/mol. The molecular formula is C10H8F4O3. The molecule has 0 unspecified atom stereocenters. The molecule has 0 aliphatic heterocycles. The molecule has 0 aliphatic carbocycles. The Morgan fingerprint density at radius 2 is 1.35 bits per heavy atom. The molecule has 1 rings (SSSR count). The number of carbonyl (C=O) groups excluding carboxylic acids is 1. The Labute approximate surface area is 93.9 Å². The fraction of sp³-hybridized carbons (Fsp3) is 0.300. The summed E-state index contributed by atoms with van der Waals surface area (Å²) in [6.07, 6.45) is 0. The third-order valence-electron chi connectivity index (χ3n) is 2.03. The van der Waals surface area contributed by atoms with Gasteiger partial charge < -0.3 is 9.47 Å². The molecule has 0 spiro atoms. The molecule has 0 saturated heterocycles. The van der Waals surface area contributed by atoms with Crippen molar-refractivity contribution in [3.8, 4) is 0 Å². The lowest BCUT2D eigenvalue weighted by Gasteiger charge is -2.10. The zero-order valence-electron chi connectivity index (χ0n) is 8.73. The fourth-order valence-corrected chi connectivity index (χ4v) is 1.24. The smallest absolute Gasteiger partial charge is 0.293 e. The van der Waals surface area contributed by atoms with E-state index in [1.807, 2.05) is 0 Å². The predicted octanol–water partition coefficient (Wildman–Crippen LogP) is 2.06. The maximum atomic E-state index is 13.3. The van der Waals surface area contributed by atoms with Gasteiger partial charge in [-0.2, -0.15) is 0 Å². The number of methoxy groups -OCH3 is 1. The normalized spacial score (nSPS) is 10.4. The first-order valence-electron chi connectivity index (χ1n) is 4.42. The highest BCUT2D eigenvalue weighted by atomic mass is 19.2. The molecule has 0 amide bonds. The van der Waals surface area contributed by atoms with Gasteiger partial charge in [0.15, 0.2) is 23.3 Å². The van der Waals surface area contributed by atoms with Crippen molar-refractivity contribution in [3.05, 3.63) is 34.4 Å². The first kappa shape index (κ1) is 13.4. The highest BCUT2D eigenvalue weighted by Gasteiger charge is 2.25. The van der Waals surface area contributed by atoms with E-state index in [1.165, 1.54) is 0 Å². The van der Waals surface area contributed by atoms with Crippen molar-refractivity contribution >= 4 is 6.47 Å². The van der Waals surface area contributed by atoms with Crippen LogP contribution in [0.3, 0.4) is 0 Å². The van der Waals surface area contributed by atoms with Crippen LogP contribution in [0.15, 0.2) is 0 Å². The monoisotopic (exact) mass is 252 g/mol. The van der Waals surface area contributed by atoms with Crippen LogP contribution in [0.4, 0.5) is 17.6 Å². The van der Waals surface area contributed by atoms with Gasteiger partial charge in [0.05, 0.1) is 17.7 Å². The van der Waals surface area contributed by atoms with Gasteiger partial charge in [0.25, 0.3) is 6.47 Å². The Balaban J connectivity index is 3.30. The van der Waals surface area contributed by atoms with Gasteiger partial charge in [-0.1, -0.05) is 0 Å². The summed E-state index contributed by atoms with van der Waals surface area (Å²) in [5.41, 5.74) is -1.83. The molecule has 0 aliphatic rings. The largest absolute Gasteiger partial charge is 0.463 e. The van der Waals surface area contributed by atoms with Gasteiger partial charge in [-0.05, 0) is 0 Å². The standard InChI is InChI=1S/C10H8F4O3/c1-16-2-5-7(11)9(13)6(3-17-4-15)10(14)8(5)12/h4H,2-3H2,1H3. The van der Waals surface area contributed by atoms with Gasteiger partial charge in [0.2, 0.25) is 0 Å². The van der Waals surface area contributed by atoms with E-state index < -0.39 is 47.6 Å². The topological polar surface area (TPSA) is 35.5 Å². The minimum Gasteiger partial charge on any atom is -0.463 e. The summed E-state index contributed by atoms with van der Waals surface area (Å²) in [6.45, 7) is -1.58. The Morgan fingerprint density at radius 3 is 1.71 bits per heavy atom. The summed E-state index contributed by atoms with van der Waals surface area (Å²) in [7, 11) is 1.12. The first-order valence-corrected chi connectivity index (χ1v) is 4.42. The third kappa shape index (κ3) is 2.55. The van der Waals surface area contributed by atoms with Crippen LogP contribution in [0.2, 0.25) is 0 Å². The van der Waals surface area contributed by atoms with Gasteiger partial charge in [-0.15, -0.1) is 0 Å². The van der Waals surface area contributed by atoms with Crippen molar-refractivity contribution < 1.29 is 31.8 Å². The summed E-state index contributed by atoms with van der Waals surface area (Å²) in [6, 6.07) is 0. The molecule has 0 N–H and O–H groups in total. The quantitative estimate of drug-likeness (QED) is 0.457. The van der Waals surface area contributed by atoms with Crippen molar-refractivity contribution in [1.82, 2.24) is 0 Å². The van der Waals surface area contributed by atoms with Crippen LogP contribution in [0.25, 0.3) is 0 Å². The molecule has 0 radical (unpaired) electrons. The lowest BCUT2D eigenvalue weighted by Crippen LogP contribution is -2.10. The van der Waals surface area contributed by atoms with E-state index in [-0.39, 0.29) is 6.47 Å². The van der Waals surface area contributed by atoms with E-state index in [0.29, 0.717) is 0 Å². The van der Waals surface area contributed by atoms with Crippen LogP contribution < -0.4 is 0 Å². The summed E-state index contributed by atoms with van der Waals surface area (Å²) in [5, 5.41) is 0. The number of halogens is 4. The highest BCUT2D eigenvalue weighted by Crippen LogP contribution is 2.25. The van der Waals surface area contributed by atoms with Gasteiger partial charge >= 0.3 is 0 Å². The third-order valence-corrected chi connectivity index (χ3v) is 2.03. The molecule has 0 atom stereocenters. The van der Waals surface area contributed by atoms with Crippen molar-refractivity contribution in [2.75, 3.05) is 7.11 Å². The van der Waals surface area contributed by atoms with E-state index in [4.69, 9.17) is 0 Å². The summed E-state index contributed by atoms with van der Waals surface area (Å²) in [5.74, 6) is -6.32. The highest BCUT2D eigenvalue weighted by molar-refractivity contribution is 5.38. The van der Waals surface area contributed by atoms with E-state index >= 15 is 0 Å². The second-order valence-electron chi connectivity index (χ2n) is 3.05. The average molecular weight is 252 g/mol. The van der Waals surface area contributed by atoms with E-state index in [9.17, 15) is 22.4 Å². The molecule has 0 aromatic heterocycles. The Hall–Kier alpha value is -1.63. The molecule has 0 heterocycles. The molecular weight excluding hydrogens is 244 g/mol. The zero-order chi connectivity index (χ0) is 13.0. The number of rotatable bonds is 5. The minimum atomic E-state index is -1.60. The summed E-state index contributed by atoms with van der Waals surface area (Å²) < 4.78 is 61.7. The van der Waals surface area contributed by atoms with Crippen molar-refractivity contribution in [2.24, 2.45) is 0 Å². The first-order chi connectivity index (χ1) is 8.04.